The second kappa shape index (κ2) is 6.57. The van der Waals surface area contributed by atoms with Crippen molar-refractivity contribution in [2.45, 2.75) is 57.9 Å². The maximum Gasteiger partial charge on any atom is 0.303 e. The zero-order chi connectivity index (χ0) is 15.4. The van der Waals surface area contributed by atoms with Crippen LogP contribution in [0.4, 0.5) is 0 Å². The Morgan fingerprint density at radius 2 is 1.75 bits per heavy atom. The smallest absolute Gasteiger partial charge is 0.303 e. The Balaban J connectivity index is 2.48. The first-order valence-corrected chi connectivity index (χ1v) is 7.33. The van der Waals surface area contributed by atoms with Gasteiger partial charge in [-0.25, -0.2) is 0 Å². The van der Waals surface area contributed by atoms with Crippen LogP contribution in [0.15, 0.2) is 0 Å². The normalized spacial score (nSPS) is 18.2. The Kier molecular flexibility index (Phi) is 5.57. The summed E-state index contributed by atoms with van der Waals surface area (Å²) in [5.74, 6) is -0.910. The van der Waals surface area contributed by atoms with Gasteiger partial charge in [-0.15, -0.1) is 0 Å². The molecule has 5 heteroatoms. The molecular formula is C15H28N2O3. The molecule has 20 heavy (non-hydrogen) atoms. The zero-order valence-corrected chi connectivity index (χ0v) is 13.2. The van der Waals surface area contributed by atoms with E-state index >= 15 is 0 Å². The first-order chi connectivity index (χ1) is 9.17. The number of nitrogens with one attached hydrogen (secondary N) is 1. The highest BCUT2D eigenvalue weighted by atomic mass is 16.4. The number of carbonyl (C=O) groups excluding carboxylic acids is 1. The van der Waals surface area contributed by atoms with Gasteiger partial charge in [0.2, 0.25) is 5.91 Å². The largest absolute Gasteiger partial charge is 0.481 e. The van der Waals surface area contributed by atoms with Crippen molar-refractivity contribution >= 4 is 11.9 Å². The van der Waals surface area contributed by atoms with Gasteiger partial charge >= 0.3 is 5.97 Å². The molecule has 0 bridgehead atoms. The van der Waals surface area contributed by atoms with Crippen molar-refractivity contribution in [2.75, 3.05) is 20.6 Å². The number of nitrogens with zero attached hydrogens (tertiary/aromatic N) is 1. The van der Waals surface area contributed by atoms with Crippen LogP contribution in [-0.2, 0) is 9.59 Å². The molecule has 0 aliphatic heterocycles. The third kappa shape index (κ3) is 4.78. The molecule has 1 rings (SSSR count). The third-order valence-electron chi connectivity index (χ3n) is 4.37. The Morgan fingerprint density at radius 1 is 1.20 bits per heavy atom. The summed E-state index contributed by atoms with van der Waals surface area (Å²) >= 11 is 0. The van der Waals surface area contributed by atoms with E-state index in [2.05, 4.69) is 24.3 Å². The van der Waals surface area contributed by atoms with E-state index in [1.165, 1.54) is 12.8 Å². The van der Waals surface area contributed by atoms with E-state index in [1.807, 2.05) is 13.8 Å². The number of rotatable bonds is 7. The fraction of sp³-hybridized carbons (Fsp3) is 0.867. The van der Waals surface area contributed by atoms with Crippen molar-refractivity contribution in [3.05, 3.63) is 0 Å². The molecule has 1 aliphatic rings. The van der Waals surface area contributed by atoms with Crippen molar-refractivity contribution < 1.29 is 14.7 Å². The summed E-state index contributed by atoms with van der Waals surface area (Å²) in [4.78, 5) is 25.0. The molecule has 0 spiro atoms. The lowest BCUT2D eigenvalue weighted by Gasteiger charge is -2.36. The number of carboxylic acids is 1. The van der Waals surface area contributed by atoms with E-state index in [0.29, 0.717) is 6.54 Å². The van der Waals surface area contributed by atoms with Crippen LogP contribution >= 0.6 is 0 Å². The number of carboxylic acid groups (broad SMARTS) is 1. The van der Waals surface area contributed by atoms with Crippen LogP contribution in [0.5, 0.6) is 0 Å². The van der Waals surface area contributed by atoms with Crippen LogP contribution in [0.25, 0.3) is 0 Å². The van der Waals surface area contributed by atoms with Gasteiger partial charge in [-0.1, -0.05) is 26.7 Å². The fourth-order valence-electron chi connectivity index (χ4n) is 3.05. The van der Waals surface area contributed by atoms with E-state index in [-0.39, 0.29) is 24.3 Å². The van der Waals surface area contributed by atoms with Crippen molar-refractivity contribution in [2.24, 2.45) is 5.41 Å². The van der Waals surface area contributed by atoms with Crippen molar-refractivity contribution in [1.29, 1.82) is 0 Å². The predicted octanol–water partition coefficient (Wildman–Crippen LogP) is 1.87. The molecule has 1 aliphatic carbocycles. The maximum absolute atomic E-state index is 12.0. The quantitative estimate of drug-likeness (QED) is 0.749. The minimum absolute atomic E-state index is 0.0131. The van der Waals surface area contributed by atoms with Crippen LogP contribution in [0.3, 0.4) is 0 Å². The van der Waals surface area contributed by atoms with Crippen molar-refractivity contribution in [3.63, 3.8) is 0 Å². The molecule has 0 saturated heterocycles. The zero-order valence-electron chi connectivity index (χ0n) is 13.2. The molecule has 0 aromatic carbocycles. The predicted molar refractivity (Wildman–Crippen MR) is 78.5 cm³/mol. The number of hydrogen-bond acceptors (Lipinski definition) is 3. The summed E-state index contributed by atoms with van der Waals surface area (Å²) in [6, 6.07) is 0. The van der Waals surface area contributed by atoms with Gasteiger partial charge in [-0.3, -0.25) is 9.59 Å². The van der Waals surface area contributed by atoms with E-state index in [9.17, 15) is 9.59 Å². The molecule has 116 valence electrons. The van der Waals surface area contributed by atoms with Gasteiger partial charge in [-0.2, -0.15) is 0 Å². The van der Waals surface area contributed by atoms with Crippen LogP contribution in [0.1, 0.15) is 52.4 Å². The summed E-state index contributed by atoms with van der Waals surface area (Å²) in [6.45, 7) is 4.29. The van der Waals surface area contributed by atoms with Gasteiger partial charge in [0.15, 0.2) is 0 Å². The minimum atomic E-state index is -0.858. The topological polar surface area (TPSA) is 69.6 Å². The number of likely N-dealkylation sites (N-methyl/N-ethyl adjacent to an activating group) is 1. The second-order valence-electron chi connectivity index (χ2n) is 7.01. The molecule has 0 atom stereocenters. The van der Waals surface area contributed by atoms with Crippen molar-refractivity contribution in [3.8, 4) is 0 Å². The first-order valence-electron chi connectivity index (χ1n) is 7.33. The molecule has 1 saturated carbocycles. The molecule has 1 fully saturated rings. The Hall–Kier alpha value is -1.10. The van der Waals surface area contributed by atoms with Crippen LogP contribution in [0, 0.1) is 5.41 Å². The van der Waals surface area contributed by atoms with Crippen LogP contribution < -0.4 is 5.32 Å². The molecule has 0 heterocycles. The lowest BCUT2D eigenvalue weighted by molar-refractivity contribution is -0.139. The van der Waals surface area contributed by atoms with Gasteiger partial charge < -0.3 is 15.3 Å². The molecule has 1 amide bonds. The molecular weight excluding hydrogens is 256 g/mol. The maximum atomic E-state index is 12.0. The molecule has 0 radical (unpaired) electrons. The lowest BCUT2D eigenvalue weighted by Crippen LogP contribution is -2.51. The Labute approximate surface area is 121 Å². The molecule has 2 N–H and O–H groups in total. The number of amides is 1. The summed E-state index contributed by atoms with van der Waals surface area (Å²) in [5, 5.41) is 11.8. The summed E-state index contributed by atoms with van der Waals surface area (Å²) in [6.07, 6.45) is 4.90. The number of hydrogen-bond donors (Lipinski definition) is 2. The van der Waals surface area contributed by atoms with Crippen molar-refractivity contribution in [1.82, 2.24) is 10.2 Å². The van der Waals surface area contributed by atoms with Gasteiger partial charge in [0.25, 0.3) is 0 Å². The summed E-state index contributed by atoms with van der Waals surface area (Å²) < 4.78 is 0. The van der Waals surface area contributed by atoms with Gasteiger partial charge in [0.05, 0.1) is 6.42 Å². The minimum Gasteiger partial charge on any atom is -0.481 e. The van der Waals surface area contributed by atoms with Gasteiger partial charge in [0, 0.05) is 18.5 Å². The SMILES string of the molecule is CN(C)C1(CNC(=O)CC(C)(C)CC(=O)O)CCCC1. The van der Waals surface area contributed by atoms with E-state index in [0.717, 1.165) is 12.8 Å². The van der Waals surface area contributed by atoms with E-state index in [4.69, 9.17) is 5.11 Å². The third-order valence-corrected chi connectivity index (χ3v) is 4.37. The van der Waals surface area contributed by atoms with E-state index in [1.54, 1.807) is 0 Å². The summed E-state index contributed by atoms with van der Waals surface area (Å²) in [7, 11) is 4.12. The highest BCUT2D eigenvalue weighted by Gasteiger charge is 2.36. The number of aliphatic carboxylic acids is 1. The average molecular weight is 284 g/mol. The standard InChI is InChI=1S/C15H28N2O3/c1-14(2,10-13(19)20)9-12(18)16-11-15(17(3)4)7-5-6-8-15/h5-11H2,1-4H3,(H,16,18)(H,19,20). The molecule has 0 aromatic rings. The summed E-state index contributed by atoms with van der Waals surface area (Å²) in [5.41, 5.74) is -0.427. The fourth-order valence-corrected chi connectivity index (χ4v) is 3.05. The molecule has 0 aromatic heterocycles. The lowest BCUT2D eigenvalue weighted by atomic mass is 9.85. The van der Waals surface area contributed by atoms with Crippen LogP contribution in [0.2, 0.25) is 0 Å². The highest BCUT2D eigenvalue weighted by molar-refractivity contribution is 5.78. The average Bonchev–Trinajstić information content (AvgIpc) is 2.73. The highest BCUT2D eigenvalue weighted by Crippen LogP contribution is 2.33. The second-order valence-corrected chi connectivity index (χ2v) is 7.01. The van der Waals surface area contributed by atoms with Gasteiger partial charge in [0.1, 0.15) is 0 Å². The number of carbonyl (C=O) groups is 2. The Bertz CT molecular complexity index is 358. The first kappa shape index (κ1) is 17.0. The Morgan fingerprint density at radius 3 is 2.20 bits per heavy atom. The monoisotopic (exact) mass is 284 g/mol. The molecule has 5 nitrogen and oxygen atoms in total. The molecule has 0 unspecified atom stereocenters. The van der Waals surface area contributed by atoms with Crippen LogP contribution in [-0.4, -0.2) is 48.1 Å². The van der Waals surface area contributed by atoms with E-state index < -0.39 is 11.4 Å². The van der Waals surface area contributed by atoms with Gasteiger partial charge in [-0.05, 0) is 32.4 Å².